The zero-order valence-corrected chi connectivity index (χ0v) is 9.33. The second kappa shape index (κ2) is 5.29. The maximum absolute atomic E-state index is 5.31. The van der Waals surface area contributed by atoms with Crippen molar-refractivity contribution in [1.29, 1.82) is 0 Å². The summed E-state index contributed by atoms with van der Waals surface area (Å²) in [4.78, 5) is 0. The fraction of sp³-hybridized carbons (Fsp3) is 0.538. The highest BCUT2D eigenvalue weighted by atomic mass is 16.5. The van der Waals surface area contributed by atoms with Gasteiger partial charge in [0.15, 0.2) is 0 Å². The van der Waals surface area contributed by atoms with Crippen LogP contribution in [-0.2, 0) is 17.6 Å². The van der Waals surface area contributed by atoms with Crippen molar-refractivity contribution in [3.8, 4) is 0 Å². The maximum Gasteiger partial charge on any atom is 0.0590 e. The second-order valence-corrected chi connectivity index (χ2v) is 4.02. The number of ether oxygens (including phenoxy) is 1. The molecular formula is C13H19NO. The Balaban J connectivity index is 1.76. The van der Waals surface area contributed by atoms with Gasteiger partial charge < -0.3 is 10.1 Å². The van der Waals surface area contributed by atoms with Crippen LogP contribution in [0.25, 0.3) is 0 Å². The molecule has 0 bridgehead atoms. The standard InChI is InChI=1S/C13H19NO/c1-2-15-8-7-14-13-9-11-5-3-4-6-12(11)10-13/h3-6,13-14H,2,7-10H2,1H3. The largest absolute Gasteiger partial charge is 0.380 e. The van der Waals surface area contributed by atoms with Crippen molar-refractivity contribution >= 4 is 0 Å². The summed E-state index contributed by atoms with van der Waals surface area (Å²) in [6, 6.07) is 9.34. The van der Waals surface area contributed by atoms with E-state index in [0.29, 0.717) is 6.04 Å². The first-order valence-corrected chi connectivity index (χ1v) is 5.78. The normalized spacial score (nSPS) is 15.5. The molecule has 0 radical (unpaired) electrons. The van der Waals surface area contributed by atoms with E-state index in [1.165, 1.54) is 24.0 Å². The molecule has 2 heteroatoms. The number of benzene rings is 1. The molecule has 0 spiro atoms. The Labute approximate surface area is 91.6 Å². The van der Waals surface area contributed by atoms with Crippen LogP contribution < -0.4 is 5.32 Å². The van der Waals surface area contributed by atoms with E-state index in [0.717, 1.165) is 19.8 Å². The lowest BCUT2D eigenvalue weighted by Gasteiger charge is -2.11. The molecule has 2 rings (SSSR count). The average Bonchev–Trinajstić information content (AvgIpc) is 2.67. The van der Waals surface area contributed by atoms with E-state index in [-0.39, 0.29) is 0 Å². The Bertz CT molecular complexity index is 286. The topological polar surface area (TPSA) is 21.3 Å². The van der Waals surface area contributed by atoms with Gasteiger partial charge in [-0.2, -0.15) is 0 Å². The van der Waals surface area contributed by atoms with E-state index >= 15 is 0 Å². The predicted molar refractivity (Wildman–Crippen MR) is 62.1 cm³/mol. The Hall–Kier alpha value is -0.860. The molecule has 0 aliphatic heterocycles. The van der Waals surface area contributed by atoms with Crippen LogP contribution in [0, 0.1) is 0 Å². The number of fused-ring (bicyclic) bond motifs is 1. The first-order valence-electron chi connectivity index (χ1n) is 5.78. The third-order valence-corrected chi connectivity index (χ3v) is 2.93. The van der Waals surface area contributed by atoms with Gasteiger partial charge in [0, 0.05) is 19.2 Å². The van der Waals surface area contributed by atoms with Gasteiger partial charge in [-0.3, -0.25) is 0 Å². The van der Waals surface area contributed by atoms with Gasteiger partial charge in [-0.25, -0.2) is 0 Å². The Morgan fingerprint density at radius 3 is 2.53 bits per heavy atom. The van der Waals surface area contributed by atoms with Crippen LogP contribution in [0.3, 0.4) is 0 Å². The zero-order chi connectivity index (χ0) is 10.5. The minimum atomic E-state index is 0.614. The quantitative estimate of drug-likeness (QED) is 0.740. The molecule has 1 aliphatic rings. The molecule has 0 heterocycles. The van der Waals surface area contributed by atoms with Gasteiger partial charge in [0.25, 0.3) is 0 Å². The first kappa shape index (κ1) is 10.7. The summed E-state index contributed by atoms with van der Waals surface area (Å²) in [5, 5.41) is 3.54. The van der Waals surface area contributed by atoms with Crippen molar-refractivity contribution in [2.75, 3.05) is 19.8 Å². The van der Waals surface area contributed by atoms with E-state index in [4.69, 9.17) is 4.74 Å². The highest BCUT2D eigenvalue weighted by Crippen LogP contribution is 2.21. The molecule has 1 aliphatic carbocycles. The highest BCUT2D eigenvalue weighted by Gasteiger charge is 2.19. The molecule has 0 saturated carbocycles. The Morgan fingerprint density at radius 1 is 1.27 bits per heavy atom. The smallest absolute Gasteiger partial charge is 0.0590 e. The Morgan fingerprint density at radius 2 is 1.93 bits per heavy atom. The molecule has 0 saturated heterocycles. The van der Waals surface area contributed by atoms with Gasteiger partial charge in [0.1, 0.15) is 0 Å². The summed E-state index contributed by atoms with van der Waals surface area (Å²) in [5.41, 5.74) is 3.01. The van der Waals surface area contributed by atoms with Crippen LogP contribution in [0.4, 0.5) is 0 Å². The van der Waals surface area contributed by atoms with Crippen molar-refractivity contribution in [3.05, 3.63) is 35.4 Å². The lowest BCUT2D eigenvalue weighted by molar-refractivity contribution is 0.147. The minimum Gasteiger partial charge on any atom is -0.380 e. The minimum absolute atomic E-state index is 0.614. The van der Waals surface area contributed by atoms with Crippen molar-refractivity contribution < 1.29 is 4.74 Å². The summed E-state index contributed by atoms with van der Waals surface area (Å²) >= 11 is 0. The predicted octanol–water partition coefficient (Wildman–Crippen LogP) is 1.78. The fourth-order valence-corrected chi connectivity index (χ4v) is 2.18. The van der Waals surface area contributed by atoms with E-state index in [1.54, 1.807) is 0 Å². The lowest BCUT2D eigenvalue weighted by atomic mass is 10.1. The zero-order valence-electron chi connectivity index (χ0n) is 9.33. The van der Waals surface area contributed by atoms with Crippen LogP contribution in [0.5, 0.6) is 0 Å². The van der Waals surface area contributed by atoms with Crippen LogP contribution >= 0.6 is 0 Å². The molecule has 0 aromatic heterocycles. The summed E-state index contributed by atoms with van der Waals surface area (Å²) in [5.74, 6) is 0. The van der Waals surface area contributed by atoms with E-state index in [9.17, 15) is 0 Å². The summed E-state index contributed by atoms with van der Waals surface area (Å²) in [7, 11) is 0. The molecule has 0 fully saturated rings. The van der Waals surface area contributed by atoms with Crippen LogP contribution in [0.15, 0.2) is 24.3 Å². The Kier molecular flexibility index (Phi) is 3.75. The fourth-order valence-electron chi connectivity index (χ4n) is 2.18. The molecule has 0 unspecified atom stereocenters. The molecule has 1 N–H and O–H groups in total. The molecule has 1 aromatic rings. The van der Waals surface area contributed by atoms with Crippen LogP contribution in [0.1, 0.15) is 18.1 Å². The number of nitrogens with one attached hydrogen (secondary N) is 1. The lowest BCUT2D eigenvalue weighted by Crippen LogP contribution is -2.32. The summed E-state index contributed by atoms with van der Waals surface area (Å²) < 4.78 is 5.31. The average molecular weight is 205 g/mol. The van der Waals surface area contributed by atoms with Gasteiger partial charge >= 0.3 is 0 Å². The number of hydrogen-bond donors (Lipinski definition) is 1. The molecule has 2 nitrogen and oxygen atoms in total. The third-order valence-electron chi connectivity index (χ3n) is 2.93. The van der Waals surface area contributed by atoms with Crippen molar-refractivity contribution in [3.63, 3.8) is 0 Å². The third kappa shape index (κ3) is 2.80. The highest BCUT2D eigenvalue weighted by molar-refractivity contribution is 5.33. The van der Waals surface area contributed by atoms with Gasteiger partial charge in [-0.15, -0.1) is 0 Å². The van der Waals surface area contributed by atoms with E-state index < -0.39 is 0 Å². The van der Waals surface area contributed by atoms with E-state index in [2.05, 4.69) is 29.6 Å². The first-order chi connectivity index (χ1) is 7.40. The summed E-state index contributed by atoms with van der Waals surface area (Å²) in [6.45, 7) is 4.63. The van der Waals surface area contributed by atoms with Gasteiger partial charge in [0.2, 0.25) is 0 Å². The van der Waals surface area contributed by atoms with Crippen LogP contribution in [0.2, 0.25) is 0 Å². The molecular weight excluding hydrogens is 186 g/mol. The molecule has 15 heavy (non-hydrogen) atoms. The van der Waals surface area contributed by atoms with Crippen molar-refractivity contribution in [2.24, 2.45) is 0 Å². The second-order valence-electron chi connectivity index (χ2n) is 4.02. The number of hydrogen-bond acceptors (Lipinski definition) is 2. The molecule has 1 aromatic carbocycles. The van der Waals surface area contributed by atoms with Gasteiger partial charge in [0.05, 0.1) is 6.61 Å². The van der Waals surface area contributed by atoms with Gasteiger partial charge in [-0.05, 0) is 30.9 Å². The van der Waals surface area contributed by atoms with Crippen molar-refractivity contribution in [2.45, 2.75) is 25.8 Å². The molecule has 0 atom stereocenters. The van der Waals surface area contributed by atoms with Crippen LogP contribution in [-0.4, -0.2) is 25.8 Å². The SMILES string of the molecule is CCOCCNC1Cc2ccccc2C1. The monoisotopic (exact) mass is 205 g/mol. The number of rotatable bonds is 5. The molecule has 82 valence electrons. The van der Waals surface area contributed by atoms with Crippen molar-refractivity contribution in [1.82, 2.24) is 5.32 Å². The van der Waals surface area contributed by atoms with E-state index in [1.807, 2.05) is 6.92 Å². The molecule has 0 amide bonds. The summed E-state index contributed by atoms with van der Waals surface area (Å²) in [6.07, 6.45) is 2.34. The van der Waals surface area contributed by atoms with Gasteiger partial charge in [-0.1, -0.05) is 24.3 Å². The maximum atomic E-state index is 5.31.